The van der Waals surface area contributed by atoms with Gasteiger partial charge in [-0.1, -0.05) is 30.3 Å². The molecule has 0 unspecified atom stereocenters. The van der Waals surface area contributed by atoms with E-state index in [4.69, 9.17) is 0 Å². The van der Waals surface area contributed by atoms with E-state index in [1.54, 1.807) is 42.6 Å². The lowest BCUT2D eigenvalue weighted by Gasteiger charge is -2.15. The first-order valence-electron chi connectivity index (χ1n) is 11.0. The highest BCUT2D eigenvalue weighted by atomic mass is 19.4. The Labute approximate surface area is 206 Å². The van der Waals surface area contributed by atoms with Gasteiger partial charge in [0.25, 0.3) is 0 Å². The van der Waals surface area contributed by atoms with Crippen LogP contribution in [0.4, 0.5) is 30.7 Å². The average molecular weight is 511 g/mol. The van der Waals surface area contributed by atoms with Gasteiger partial charge in [-0.25, -0.2) is 4.39 Å². The number of aromatic nitrogens is 1. The summed E-state index contributed by atoms with van der Waals surface area (Å²) in [5.41, 5.74) is 0.432. The van der Waals surface area contributed by atoms with Crippen molar-refractivity contribution in [3.8, 4) is 33.5 Å². The van der Waals surface area contributed by atoms with Crippen molar-refractivity contribution < 1.29 is 30.7 Å². The van der Waals surface area contributed by atoms with Crippen molar-refractivity contribution in [3.63, 3.8) is 0 Å². The van der Waals surface area contributed by atoms with Crippen LogP contribution in [-0.4, -0.2) is 4.98 Å². The second kappa shape index (κ2) is 9.03. The van der Waals surface area contributed by atoms with Crippen molar-refractivity contribution in [1.82, 2.24) is 4.98 Å². The monoisotopic (exact) mass is 511 g/mol. The molecule has 0 saturated heterocycles. The SMILES string of the molecule is Fc1ccc(-c2ccc(-c3ccc4cc(-c5cc(C(F)(F)F)cc(C(F)(F)F)c5)ccc4c3)cn2)cc1. The number of rotatable bonds is 3. The molecule has 186 valence electrons. The van der Waals surface area contributed by atoms with E-state index in [-0.39, 0.29) is 23.0 Å². The van der Waals surface area contributed by atoms with E-state index in [0.717, 1.165) is 34.2 Å². The van der Waals surface area contributed by atoms with E-state index in [1.165, 1.54) is 18.2 Å². The predicted octanol–water partition coefficient (Wildman–Crippen LogP) is 9.41. The molecule has 0 fully saturated rings. The third-order valence-electron chi connectivity index (χ3n) is 6.00. The smallest absolute Gasteiger partial charge is 0.256 e. The molecule has 0 amide bonds. The number of fused-ring (bicyclic) bond motifs is 1. The molecule has 0 atom stereocenters. The topological polar surface area (TPSA) is 12.9 Å². The fourth-order valence-electron chi connectivity index (χ4n) is 4.08. The van der Waals surface area contributed by atoms with E-state index < -0.39 is 23.5 Å². The maximum Gasteiger partial charge on any atom is 0.416 e. The minimum absolute atomic E-state index is 0.117. The third kappa shape index (κ3) is 5.18. The van der Waals surface area contributed by atoms with Crippen LogP contribution in [0.25, 0.3) is 44.3 Å². The highest BCUT2D eigenvalue weighted by molar-refractivity contribution is 5.91. The second-order valence-electron chi connectivity index (χ2n) is 8.51. The number of hydrogen-bond acceptors (Lipinski definition) is 1. The molecular weight excluding hydrogens is 495 g/mol. The Hall–Kier alpha value is -4.20. The molecule has 0 saturated carbocycles. The van der Waals surface area contributed by atoms with Crippen molar-refractivity contribution in [3.05, 3.63) is 114 Å². The van der Waals surface area contributed by atoms with Gasteiger partial charge in [0.05, 0.1) is 16.8 Å². The molecule has 0 bridgehead atoms. The lowest BCUT2D eigenvalue weighted by molar-refractivity contribution is -0.143. The van der Waals surface area contributed by atoms with Crippen LogP contribution in [0.3, 0.4) is 0 Å². The van der Waals surface area contributed by atoms with Gasteiger partial charge < -0.3 is 0 Å². The largest absolute Gasteiger partial charge is 0.416 e. The van der Waals surface area contributed by atoms with E-state index >= 15 is 0 Å². The summed E-state index contributed by atoms with van der Waals surface area (Å²) in [6.07, 6.45) is -8.15. The Balaban J connectivity index is 1.48. The Morgan fingerprint density at radius 3 is 1.43 bits per heavy atom. The van der Waals surface area contributed by atoms with Crippen molar-refractivity contribution in [2.24, 2.45) is 0 Å². The third-order valence-corrected chi connectivity index (χ3v) is 6.00. The summed E-state index contributed by atoms with van der Waals surface area (Å²) in [6.45, 7) is 0. The summed E-state index contributed by atoms with van der Waals surface area (Å²) in [6, 6.07) is 21.3. The summed E-state index contributed by atoms with van der Waals surface area (Å²) in [5, 5.41) is 1.41. The van der Waals surface area contributed by atoms with Gasteiger partial charge in [0.2, 0.25) is 0 Å². The first-order valence-corrected chi connectivity index (χ1v) is 11.0. The molecule has 0 spiro atoms. The molecule has 0 aliphatic rings. The Morgan fingerprint density at radius 2 is 0.946 bits per heavy atom. The number of halogens is 7. The van der Waals surface area contributed by atoms with Crippen LogP contribution in [0, 0.1) is 5.82 Å². The molecule has 37 heavy (non-hydrogen) atoms. The second-order valence-corrected chi connectivity index (χ2v) is 8.51. The lowest BCUT2D eigenvalue weighted by Crippen LogP contribution is -2.11. The minimum Gasteiger partial charge on any atom is -0.256 e. The highest BCUT2D eigenvalue weighted by Crippen LogP contribution is 2.39. The van der Waals surface area contributed by atoms with Crippen LogP contribution in [0.2, 0.25) is 0 Å². The minimum atomic E-state index is -4.91. The van der Waals surface area contributed by atoms with E-state index in [1.807, 2.05) is 18.2 Å². The van der Waals surface area contributed by atoms with Crippen LogP contribution < -0.4 is 0 Å². The van der Waals surface area contributed by atoms with Crippen LogP contribution in [0.5, 0.6) is 0 Å². The predicted molar refractivity (Wildman–Crippen MR) is 128 cm³/mol. The molecule has 5 aromatic rings. The molecule has 5 rings (SSSR count). The molecule has 0 aliphatic heterocycles. The molecule has 8 heteroatoms. The number of nitrogens with zero attached hydrogens (tertiary/aromatic N) is 1. The van der Waals surface area contributed by atoms with Crippen LogP contribution in [-0.2, 0) is 12.4 Å². The van der Waals surface area contributed by atoms with Gasteiger partial charge in [-0.3, -0.25) is 4.98 Å². The van der Waals surface area contributed by atoms with Crippen LogP contribution in [0.1, 0.15) is 11.1 Å². The van der Waals surface area contributed by atoms with Gasteiger partial charge in [-0.15, -0.1) is 0 Å². The van der Waals surface area contributed by atoms with E-state index in [9.17, 15) is 30.7 Å². The average Bonchev–Trinajstić information content (AvgIpc) is 2.87. The van der Waals surface area contributed by atoms with Crippen molar-refractivity contribution >= 4 is 10.8 Å². The van der Waals surface area contributed by atoms with Crippen LogP contribution in [0.15, 0.2) is 97.2 Å². The van der Waals surface area contributed by atoms with Crippen molar-refractivity contribution in [2.45, 2.75) is 12.4 Å². The normalized spacial score (nSPS) is 12.2. The van der Waals surface area contributed by atoms with Gasteiger partial charge in [-0.2, -0.15) is 26.3 Å². The van der Waals surface area contributed by atoms with Gasteiger partial charge in [-0.05, 0) is 88.1 Å². The summed E-state index contributed by atoms with van der Waals surface area (Å²) in [7, 11) is 0. The van der Waals surface area contributed by atoms with E-state index in [2.05, 4.69) is 4.98 Å². The van der Waals surface area contributed by atoms with Gasteiger partial charge >= 0.3 is 12.4 Å². The molecule has 1 heterocycles. The zero-order valence-electron chi connectivity index (χ0n) is 18.8. The molecule has 0 N–H and O–H groups in total. The summed E-state index contributed by atoms with van der Waals surface area (Å²) in [5.74, 6) is -0.339. The van der Waals surface area contributed by atoms with Gasteiger partial charge in [0.1, 0.15) is 5.82 Å². The molecule has 4 aromatic carbocycles. The zero-order valence-corrected chi connectivity index (χ0v) is 18.8. The summed E-state index contributed by atoms with van der Waals surface area (Å²) in [4.78, 5) is 4.44. The fraction of sp³-hybridized carbons (Fsp3) is 0.0690. The summed E-state index contributed by atoms with van der Waals surface area (Å²) >= 11 is 0. The van der Waals surface area contributed by atoms with Crippen LogP contribution >= 0.6 is 0 Å². The Bertz CT molecular complexity index is 1550. The first kappa shape index (κ1) is 24.5. The fourth-order valence-corrected chi connectivity index (χ4v) is 4.08. The molecule has 1 nitrogen and oxygen atoms in total. The Morgan fingerprint density at radius 1 is 0.459 bits per heavy atom. The standard InChI is InChI=1S/C29H16F7N/c30-26-8-5-17(6-9-26)27-10-7-22(16-37-27)20-3-1-19-12-21(4-2-18(19)11-20)23-13-24(28(31,32)33)15-25(14-23)29(34,35)36/h1-16H. The number of pyridine rings is 1. The molecule has 0 aliphatic carbocycles. The molecule has 1 aromatic heterocycles. The quantitative estimate of drug-likeness (QED) is 0.220. The number of hydrogen-bond donors (Lipinski definition) is 0. The maximum absolute atomic E-state index is 13.3. The Kier molecular flexibility index (Phi) is 5.98. The maximum atomic E-state index is 13.3. The van der Waals surface area contributed by atoms with E-state index in [0.29, 0.717) is 11.1 Å². The lowest BCUT2D eigenvalue weighted by atomic mass is 9.95. The molecular formula is C29H16F7N. The van der Waals surface area contributed by atoms with Crippen molar-refractivity contribution in [2.75, 3.05) is 0 Å². The first-order chi connectivity index (χ1) is 17.5. The zero-order chi connectivity index (χ0) is 26.4. The van der Waals surface area contributed by atoms with Crippen molar-refractivity contribution in [1.29, 1.82) is 0 Å². The van der Waals surface area contributed by atoms with Gasteiger partial charge in [0, 0.05) is 17.3 Å². The number of alkyl halides is 6. The molecule has 0 radical (unpaired) electrons. The highest BCUT2D eigenvalue weighted by Gasteiger charge is 2.37. The summed E-state index contributed by atoms with van der Waals surface area (Å²) < 4.78 is 92.7. The van der Waals surface area contributed by atoms with Gasteiger partial charge in [0.15, 0.2) is 0 Å². The number of benzene rings is 4.